The lowest BCUT2D eigenvalue weighted by Crippen LogP contribution is -2.34. The Morgan fingerprint density at radius 1 is 1.14 bits per heavy atom. The quantitative estimate of drug-likeness (QED) is 0.679. The first kappa shape index (κ1) is 19.0. The van der Waals surface area contributed by atoms with Crippen LogP contribution in [0.5, 0.6) is 5.75 Å². The third-order valence-corrected chi connectivity index (χ3v) is 7.87. The van der Waals surface area contributed by atoms with Gasteiger partial charge in [0, 0.05) is 36.1 Å². The minimum absolute atomic E-state index is 0.114. The molecule has 1 heterocycles. The van der Waals surface area contributed by atoms with Crippen LogP contribution in [0.4, 0.5) is 0 Å². The molecule has 5 nitrogen and oxygen atoms in total. The Labute approximate surface area is 166 Å². The van der Waals surface area contributed by atoms with Gasteiger partial charge in [-0.1, -0.05) is 18.2 Å². The molecule has 0 radical (unpaired) electrons. The van der Waals surface area contributed by atoms with Crippen LogP contribution >= 0.6 is 0 Å². The summed E-state index contributed by atoms with van der Waals surface area (Å²) in [6.45, 7) is 4.16. The van der Waals surface area contributed by atoms with E-state index in [2.05, 4.69) is 17.1 Å². The number of sulfonamides is 1. The fourth-order valence-corrected chi connectivity index (χ4v) is 5.66. The van der Waals surface area contributed by atoms with Crippen LogP contribution < -0.4 is 4.74 Å². The zero-order chi connectivity index (χ0) is 20.1. The van der Waals surface area contributed by atoms with E-state index in [1.807, 2.05) is 32.2 Å². The summed E-state index contributed by atoms with van der Waals surface area (Å²) in [5, 5.41) is 1.18. The summed E-state index contributed by atoms with van der Waals surface area (Å²) >= 11 is 0. The minimum atomic E-state index is -3.59. The summed E-state index contributed by atoms with van der Waals surface area (Å²) < 4.78 is 33.5. The maximum atomic E-state index is 13.3. The standard InChI is InChI=1S/C22H26N2O3S/c1-15-12-21(16(2)11-20(15)27-4)28(25,26)24(3)14-22(9-10-22)18-13-23-19-8-6-5-7-17(18)19/h5-8,11-13,23H,9-10,14H2,1-4H3. The summed E-state index contributed by atoms with van der Waals surface area (Å²) in [6, 6.07) is 11.7. The van der Waals surface area contributed by atoms with Crippen LogP contribution in [0.2, 0.25) is 0 Å². The lowest BCUT2D eigenvalue weighted by Gasteiger charge is -2.24. The maximum absolute atomic E-state index is 13.3. The predicted molar refractivity (Wildman–Crippen MR) is 111 cm³/mol. The molecule has 0 amide bonds. The Bertz CT molecular complexity index is 1140. The normalized spacial score (nSPS) is 15.9. The number of likely N-dealkylation sites (N-methyl/N-ethyl adjacent to an activating group) is 1. The fourth-order valence-electron chi connectivity index (χ4n) is 4.11. The fraction of sp³-hybridized carbons (Fsp3) is 0.364. The van der Waals surface area contributed by atoms with Gasteiger partial charge in [0.2, 0.25) is 10.0 Å². The van der Waals surface area contributed by atoms with Gasteiger partial charge in [-0.05, 0) is 61.6 Å². The van der Waals surface area contributed by atoms with Crippen molar-refractivity contribution < 1.29 is 13.2 Å². The second kappa shape index (κ2) is 6.64. The van der Waals surface area contributed by atoms with E-state index in [0.29, 0.717) is 22.8 Å². The van der Waals surface area contributed by atoms with Gasteiger partial charge in [0.25, 0.3) is 0 Å². The molecule has 1 aromatic heterocycles. The molecule has 0 bridgehead atoms. The molecule has 0 aliphatic heterocycles. The van der Waals surface area contributed by atoms with Gasteiger partial charge in [0.15, 0.2) is 0 Å². The van der Waals surface area contributed by atoms with E-state index in [1.165, 1.54) is 15.3 Å². The number of hydrogen-bond donors (Lipinski definition) is 1. The van der Waals surface area contributed by atoms with Gasteiger partial charge in [0.05, 0.1) is 12.0 Å². The van der Waals surface area contributed by atoms with Gasteiger partial charge >= 0.3 is 0 Å². The second-order valence-electron chi connectivity index (χ2n) is 7.88. The average Bonchev–Trinajstić information content (AvgIpc) is 3.31. The number of ether oxygens (including phenoxy) is 1. The largest absolute Gasteiger partial charge is 0.496 e. The Hall–Kier alpha value is -2.31. The monoisotopic (exact) mass is 398 g/mol. The summed E-state index contributed by atoms with van der Waals surface area (Å²) in [6.07, 6.45) is 4.03. The number of fused-ring (bicyclic) bond motifs is 1. The Morgan fingerprint density at radius 2 is 1.86 bits per heavy atom. The number of aromatic nitrogens is 1. The summed E-state index contributed by atoms with van der Waals surface area (Å²) in [7, 11) is -0.306. The number of rotatable bonds is 6. The van der Waals surface area contributed by atoms with Crippen molar-refractivity contribution in [3.8, 4) is 5.75 Å². The number of aromatic amines is 1. The van der Waals surface area contributed by atoms with E-state index >= 15 is 0 Å². The molecule has 1 N–H and O–H groups in total. The Balaban J connectivity index is 1.66. The van der Waals surface area contributed by atoms with Crippen LogP contribution in [0, 0.1) is 13.8 Å². The topological polar surface area (TPSA) is 62.4 Å². The van der Waals surface area contributed by atoms with E-state index in [-0.39, 0.29) is 5.41 Å². The first-order valence-corrected chi connectivity index (χ1v) is 10.9. The predicted octanol–water partition coefficient (Wildman–Crippen LogP) is 4.15. The number of aryl methyl sites for hydroxylation is 2. The lowest BCUT2D eigenvalue weighted by molar-refractivity contribution is 0.410. The second-order valence-corrected chi connectivity index (χ2v) is 9.89. The van der Waals surface area contributed by atoms with Crippen LogP contribution in [0.25, 0.3) is 10.9 Å². The highest BCUT2D eigenvalue weighted by atomic mass is 32.2. The maximum Gasteiger partial charge on any atom is 0.243 e. The smallest absolute Gasteiger partial charge is 0.243 e. The molecule has 28 heavy (non-hydrogen) atoms. The van der Waals surface area contributed by atoms with Gasteiger partial charge in [-0.3, -0.25) is 0 Å². The molecule has 0 unspecified atom stereocenters. The van der Waals surface area contributed by atoms with Crippen LogP contribution in [-0.2, 0) is 15.4 Å². The molecule has 1 aliphatic carbocycles. The van der Waals surface area contributed by atoms with Crippen LogP contribution in [0.3, 0.4) is 0 Å². The molecule has 0 atom stereocenters. The molecule has 148 valence electrons. The number of methoxy groups -OCH3 is 1. The first-order valence-electron chi connectivity index (χ1n) is 9.47. The molecular weight excluding hydrogens is 372 g/mol. The molecule has 0 saturated heterocycles. The van der Waals surface area contributed by atoms with Gasteiger partial charge in [-0.2, -0.15) is 0 Å². The minimum Gasteiger partial charge on any atom is -0.496 e. The number of hydrogen-bond acceptors (Lipinski definition) is 3. The molecule has 3 aromatic rings. The highest BCUT2D eigenvalue weighted by Crippen LogP contribution is 2.51. The number of nitrogens with one attached hydrogen (secondary N) is 1. The molecule has 1 aliphatic rings. The third-order valence-electron chi connectivity index (χ3n) is 5.92. The lowest BCUT2D eigenvalue weighted by atomic mass is 9.95. The van der Waals surface area contributed by atoms with Crippen molar-refractivity contribution in [1.29, 1.82) is 0 Å². The van der Waals surface area contributed by atoms with Crippen molar-refractivity contribution in [3.05, 3.63) is 59.3 Å². The summed E-state index contributed by atoms with van der Waals surface area (Å²) in [4.78, 5) is 3.68. The van der Waals surface area contributed by atoms with Crippen molar-refractivity contribution in [3.63, 3.8) is 0 Å². The van der Waals surface area contributed by atoms with Gasteiger partial charge in [0.1, 0.15) is 5.75 Å². The molecule has 0 spiro atoms. The van der Waals surface area contributed by atoms with Crippen LogP contribution in [0.15, 0.2) is 47.5 Å². The molecule has 4 rings (SSSR count). The zero-order valence-electron chi connectivity index (χ0n) is 16.7. The van der Waals surface area contributed by atoms with E-state index in [9.17, 15) is 8.42 Å². The molecule has 1 fully saturated rings. The van der Waals surface area contributed by atoms with Crippen LogP contribution in [0.1, 0.15) is 29.5 Å². The molecule has 2 aromatic carbocycles. The SMILES string of the molecule is COc1cc(C)c(S(=O)(=O)N(C)CC2(c3c[nH]c4ccccc34)CC2)cc1C. The number of benzene rings is 2. The number of nitrogens with zero attached hydrogens (tertiary/aromatic N) is 1. The van der Waals surface area contributed by atoms with Crippen LogP contribution in [-0.4, -0.2) is 38.4 Å². The Morgan fingerprint density at radius 3 is 2.54 bits per heavy atom. The highest BCUT2D eigenvalue weighted by molar-refractivity contribution is 7.89. The third kappa shape index (κ3) is 3.01. The molecular formula is C22H26N2O3S. The summed E-state index contributed by atoms with van der Waals surface area (Å²) in [5.41, 5.74) is 3.71. The average molecular weight is 399 g/mol. The van der Waals surface area contributed by atoms with E-state index < -0.39 is 10.0 Å². The van der Waals surface area contributed by atoms with Gasteiger partial charge in [-0.25, -0.2) is 12.7 Å². The molecule has 6 heteroatoms. The van der Waals surface area contributed by atoms with Gasteiger partial charge in [-0.15, -0.1) is 0 Å². The van der Waals surface area contributed by atoms with Crippen molar-refractivity contribution in [2.45, 2.75) is 37.0 Å². The highest BCUT2D eigenvalue weighted by Gasteiger charge is 2.48. The number of para-hydroxylation sites is 1. The Kier molecular flexibility index (Phi) is 4.51. The zero-order valence-corrected chi connectivity index (χ0v) is 17.6. The summed E-state index contributed by atoms with van der Waals surface area (Å²) in [5.74, 6) is 0.705. The number of H-pyrrole nitrogens is 1. The van der Waals surface area contributed by atoms with Crippen molar-refractivity contribution in [2.24, 2.45) is 0 Å². The van der Waals surface area contributed by atoms with E-state index in [1.54, 1.807) is 26.3 Å². The first-order chi connectivity index (χ1) is 13.3. The molecule has 1 saturated carbocycles. The van der Waals surface area contributed by atoms with Crippen molar-refractivity contribution in [1.82, 2.24) is 9.29 Å². The van der Waals surface area contributed by atoms with Crippen molar-refractivity contribution >= 4 is 20.9 Å². The van der Waals surface area contributed by atoms with Gasteiger partial charge < -0.3 is 9.72 Å². The van der Waals surface area contributed by atoms with E-state index in [4.69, 9.17) is 4.74 Å². The van der Waals surface area contributed by atoms with E-state index in [0.717, 1.165) is 23.9 Å². The van der Waals surface area contributed by atoms with Crippen molar-refractivity contribution in [2.75, 3.05) is 20.7 Å².